The van der Waals surface area contributed by atoms with Crippen LogP contribution < -0.4 is 0 Å². The summed E-state index contributed by atoms with van der Waals surface area (Å²) in [4.78, 5) is 0. The van der Waals surface area contributed by atoms with E-state index in [0.717, 1.165) is 0 Å². The fourth-order valence-electron chi connectivity index (χ4n) is 5.06. The Balaban J connectivity index is 0.00000420. The third kappa shape index (κ3) is 6.74. The molecular weight excluding hydrogens is 459 g/mol. The summed E-state index contributed by atoms with van der Waals surface area (Å²) in [5, 5.41) is 5.48. The second-order valence-electron chi connectivity index (χ2n) is 11.0. The maximum Gasteiger partial charge on any atom is -0.147 e. The van der Waals surface area contributed by atoms with Gasteiger partial charge in [0.15, 0.2) is 0 Å². The monoisotopic (exact) mass is 506 g/mol. The van der Waals surface area contributed by atoms with Gasteiger partial charge in [0.2, 0.25) is 0 Å². The molecule has 0 amide bonds. The summed E-state index contributed by atoms with van der Waals surface area (Å²) >= 11 is -2.89. The zero-order valence-electron chi connectivity index (χ0n) is 21.0. The average molecular weight is 508 g/mol. The first-order chi connectivity index (χ1) is 13.0. The van der Waals surface area contributed by atoms with Gasteiger partial charge in [-0.05, 0) is 0 Å². The molecule has 0 unspecified atom stereocenters. The van der Waals surface area contributed by atoms with Crippen LogP contribution in [-0.4, -0.2) is 7.63 Å². The molecule has 0 nitrogen and oxygen atoms in total. The van der Waals surface area contributed by atoms with Gasteiger partial charge in [0.1, 0.15) is 0 Å². The molecule has 2 rings (SSSR count). The number of unbranched alkanes of at least 4 members (excludes halogenated alkanes) is 2. The first-order valence-corrected chi connectivity index (χ1v) is 20.6. The van der Waals surface area contributed by atoms with Crippen LogP contribution in [0.3, 0.4) is 0 Å². The molecule has 0 heterocycles. The summed E-state index contributed by atoms with van der Waals surface area (Å²) in [6.07, 6.45) is 15.6. The van der Waals surface area contributed by atoms with Crippen molar-refractivity contribution in [3.05, 3.63) is 42.2 Å². The Hall–Kier alpha value is 0.471. The first-order valence-electron chi connectivity index (χ1n) is 11.9. The van der Waals surface area contributed by atoms with Gasteiger partial charge in [0.05, 0.1) is 0 Å². The minimum absolute atomic E-state index is 0. The molecule has 0 aromatic rings. The fraction of sp³-hybridized carbons (Fsp3) is 0.692. The van der Waals surface area contributed by atoms with Gasteiger partial charge in [-0.25, -0.2) is 0 Å². The zero-order valence-corrected chi connectivity index (χ0v) is 25.6. The minimum atomic E-state index is -2.89. The molecule has 0 N–H and O–H groups in total. The molecular formula is C26H48Cl2SiTi. The maximum absolute atomic E-state index is 2.89. The number of hydrogen-bond acceptors (Lipinski definition) is 0. The topological polar surface area (TPSA) is 0 Å². The second-order valence-corrected chi connectivity index (χ2v) is 30.0. The smallest absolute Gasteiger partial charge is 0.147 e. The van der Waals surface area contributed by atoms with E-state index in [4.69, 9.17) is 0 Å². The van der Waals surface area contributed by atoms with Crippen LogP contribution in [0.4, 0.5) is 0 Å². The van der Waals surface area contributed by atoms with Gasteiger partial charge in [-0.2, -0.15) is 0 Å². The summed E-state index contributed by atoms with van der Waals surface area (Å²) < 4.78 is 3.82. The predicted molar refractivity (Wildman–Crippen MR) is 143 cm³/mol. The summed E-state index contributed by atoms with van der Waals surface area (Å²) in [7, 11) is 2.46. The van der Waals surface area contributed by atoms with Crippen LogP contribution in [0.1, 0.15) is 92.9 Å². The summed E-state index contributed by atoms with van der Waals surface area (Å²) in [6, 6.07) is 0. The van der Waals surface area contributed by atoms with E-state index < -0.39 is 14.0 Å². The summed E-state index contributed by atoms with van der Waals surface area (Å²) in [6.45, 7) is 14.2. The summed E-state index contributed by atoms with van der Waals surface area (Å²) in [5.41, 5.74) is 6.86. The molecule has 174 valence electrons. The normalized spacial score (nSPS) is 17.4. The molecule has 30 heavy (non-hydrogen) atoms. The largest absolute Gasteiger partial charge is 0.147 e. The molecule has 2 aliphatic rings. The van der Waals surface area contributed by atoms with Crippen molar-refractivity contribution >= 4 is 32.4 Å². The Morgan fingerprint density at radius 1 is 0.767 bits per heavy atom. The van der Waals surface area contributed by atoms with Crippen LogP contribution in [0.25, 0.3) is 0 Å². The van der Waals surface area contributed by atoms with Gasteiger partial charge in [0, 0.05) is 0 Å². The van der Waals surface area contributed by atoms with Gasteiger partial charge in [-0.15, -0.1) is 24.8 Å². The first kappa shape index (κ1) is 30.5. The zero-order chi connectivity index (χ0) is 21.1. The SMILES string of the molecule is CCCCC1=[C]([Ti]([CH3])([CH3])(=[SiH2])[C]2=C(CCCC)C=C(C(C)C)C2)CC(C(C)C)=C1.Cl.Cl. The Morgan fingerprint density at radius 2 is 1.10 bits per heavy atom. The van der Waals surface area contributed by atoms with E-state index in [9.17, 15) is 0 Å². The molecule has 0 fully saturated rings. The Labute approximate surface area is 202 Å². The summed E-state index contributed by atoms with van der Waals surface area (Å²) in [5.74, 6) is 1.36. The molecule has 0 aromatic heterocycles. The molecule has 0 atom stereocenters. The van der Waals surface area contributed by atoms with Crippen molar-refractivity contribution in [2.75, 3.05) is 0 Å². The Kier molecular flexibility index (Phi) is 12.3. The van der Waals surface area contributed by atoms with E-state index >= 15 is 0 Å². The van der Waals surface area contributed by atoms with Crippen LogP contribution in [0.5, 0.6) is 0 Å². The third-order valence-corrected chi connectivity index (χ3v) is 18.4. The molecule has 0 saturated carbocycles. The number of rotatable bonds is 10. The molecule has 4 heteroatoms. The van der Waals surface area contributed by atoms with Gasteiger partial charge >= 0.3 is 179 Å². The fourth-order valence-corrected chi connectivity index (χ4v) is 14.8. The van der Waals surface area contributed by atoms with Crippen LogP contribution in [-0.2, 0) is 14.0 Å². The van der Waals surface area contributed by atoms with E-state index in [1.165, 1.54) is 51.4 Å². The van der Waals surface area contributed by atoms with E-state index in [0.29, 0.717) is 11.8 Å². The number of allylic oxidation sites excluding steroid dienone is 8. The third-order valence-electron chi connectivity index (χ3n) is 7.27. The van der Waals surface area contributed by atoms with Crippen molar-refractivity contribution in [2.45, 2.75) is 103 Å². The van der Waals surface area contributed by atoms with Crippen molar-refractivity contribution in [1.29, 1.82) is 0 Å². The van der Waals surface area contributed by atoms with E-state index in [1.54, 1.807) is 22.3 Å². The van der Waals surface area contributed by atoms with Crippen molar-refractivity contribution in [2.24, 2.45) is 11.8 Å². The van der Waals surface area contributed by atoms with E-state index in [2.05, 4.69) is 71.8 Å². The van der Waals surface area contributed by atoms with Gasteiger partial charge < -0.3 is 0 Å². The molecule has 0 aromatic carbocycles. The van der Waals surface area contributed by atoms with Crippen molar-refractivity contribution in [1.82, 2.24) is 0 Å². The van der Waals surface area contributed by atoms with Crippen molar-refractivity contribution < 1.29 is 14.0 Å². The standard InChI is InChI=1S/2C12H19.2CH3.2ClH.H2Si.Ti/c2*1-4-5-6-11-7-8-12(9-11)10(2)3;;;;;;/h2*9-10H,4-6,8H2,1-3H3;2*1H3;2*1H;1H2;. The van der Waals surface area contributed by atoms with Crippen molar-refractivity contribution in [3.63, 3.8) is 0 Å². The second kappa shape index (κ2) is 12.1. The number of hydrogen-bond donors (Lipinski definition) is 0. The molecule has 0 radical (unpaired) electrons. The van der Waals surface area contributed by atoms with Crippen LogP contribution in [0.15, 0.2) is 42.2 Å². The van der Waals surface area contributed by atoms with Crippen molar-refractivity contribution in [3.8, 4) is 0 Å². The maximum atomic E-state index is 2.74. The predicted octanol–water partition coefficient (Wildman–Crippen LogP) is 9.02. The van der Waals surface area contributed by atoms with Crippen LogP contribution in [0, 0.1) is 11.8 Å². The van der Waals surface area contributed by atoms with E-state index in [-0.39, 0.29) is 24.8 Å². The van der Waals surface area contributed by atoms with E-state index in [1.807, 2.05) is 7.76 Å². The molecule has 2 aliphatic carbocycles. The van der Waals surface area contributed by atoms with Gasteiger partial charge in [-0.3, -0.25) is 0 Å². The van der Waals surface area contributed by atoms with Crippen LogP contribution >= 0.6 is 24.8 Å². The molecule has 0 spiro atoms. The minimum Gasteiger partial charge on any atom is -0.147 e. The molecule has 0 aliphatic heterocycles. The van der Waals surface area contributed by atoms with Gasteiger partial charge in [0.25, 0.3) is 0 Å². The molecule has 0 saturated heterocycles. The van der Waals surface area contributed by atoms with Gasteiger partial charge in [-0.1, -0.05) is 0 Å². The van der Waals surface area contributed by atoms with Crippen LogP contribution in [0.2, 0.25) is 10.5 Å². The Bertz CT molecular complexity index is 728. The quantitative estimate of drug-likeness (QED) is 0.259. The Morgan fingerprint density at radius 3 is 1.37 bits per heavy atom. The number of halogens is 2. The molecule has 0 bridgehead atoms. The average Bonchev–Trinajstić information content (AvgIpc) is 3.23.